The molecule has 10 rings (SSSR count). The second kappa shape index (κ2) is 43.8. The minimum absolute atomic E-state index is 0.814. The van der Waals surface area contributed by atoms with Gasteiger partial charge >= 0.3 is 7.60 Å². The van der Waals surface area contributed by atoms with Crippen molar-refractivity contribution < 1.29 is 262 Å². The zero-order valence-electron chi connectivity index (χ0n) is 65.2. The first-order chi connectivity index (χ1) is 58.0. The van der Waals surface area contributed by atoms with E-state index in [-0.39, 0.29) is 0 Å². The third kappa shape index (κ3) is 22.9. The Labute approximate surface area is 694 Å². The fraction of sp³-hybridized carbons (Fsp3) is 0.955. The van der Waals surface area contributed by atoms with Crippen LogP contribution in [-0.2, 0) is 109 Å². The Kier molecular flexibility index (Phi) is 36.3. The number of hydrogen-bond acceptors (Lipinski definition) is 51. The predicted octanol–water partition coefficient (Wildman–Crippen LogP) is -22.2. The molecule has 0 aliphatic carbocycles. The molecule has 10 aliphatic rings. The van der Waals surface area contributed by atoms with E-state index in [9.17, 15) is 172 Å². The summed E-state index contributed by atoms with van der Waals surface area (Å²) in [5.74, 6) is -2.79. The summed E-state index contributed by atoms with van der Waals surface area (Å²) in [5.41, 5.74) is 0. The van der Waals surface area contributed by atoms with Crippen molar-refractivity contribution in [1.29, 1.82) is 0 Å². The van der Waals surface area contributed by atoms with Crippen molar-refractivity contribution in [1.82, 2.24) is 16.0 Å². The van der Waals surface area contributed by atoms with Crippen molar-refractivity contribution in [2.24, 2.45) is 0 Å². The van der Waals surface area contributed by atoms with Crippen LogP contribution in [0.1, 0.15) is 20.8 Å². The molecule has 0 bridgehead atoms. The van der Waals surface area contributed by atoms with E-state index in [2.05, 4.69) is 16.0 Å². The van der Waals surface area contributed by atoms with Gasteiger partial charge < -0.3 is 259 Å². The van der Waals surface area contributed by atoms with Crippen LogP contribution in [0.15, 0.2) is 0 Å². The molecule has 0 radical (unpaired) electrons. The highest BCUT2D eigenvalue weighted by molar-refractivity contribution is 7.51. The zero-order valence-corrected chi connectivity index (χ0v) is 66.1. The van der Waals surface area contributed by atoms with Crippen LogP contribution < -0.4 is 16.0 Å². The molecule has 33 N–H and O–H groups in total. The molecule has 0 spiro atoms. The van der Waals surface area contributed by atoms with Gasteiger partial charge in [0.05, 0.1) is 65.6 Å². The highest BCUT2D eigenvalue weighted by Gasteiger charge is 2.62. The maximum absolute atomic E-state index is 13.1. The van der Waals surface area contributed by atoms with E-state index in [0.717, 1.165) is 20.8 Å². The lowest BCUT2D eigenvalue weighted by molar-refractivity contribution is -0.399. The van der Waals surface area contributed by atoms with Gasteiger partial charge in [0.2, 0.25) is 17.7 Å². The van der Waals surface area contributed by atoms with E-state index in [1.807, 2.05) is 0 Å². The summed E-state index contributed by atoms with van der Waals surface area (Å²) in [4.78, 5) is 57.7. The van der Waals surface area contributed by atoms with E-state index in [1.165, 1.54) is 0 Å². The van der Waals surface area contributed by atoms with Crippen molar-refractivity contribution in [3.8, 4) is 0 Å². The highest BCUT2D eigenvalue weighted by Crippen LogP contribution is 2.43. The number of ether oxygens (including phenoxy) is 19. The van der Waals surface area contributed by atoms with Crippen LogP contribution in [0, 0.1) is 0 Å². The first kappa shape index (κ1) is 102. The molecular formula is C66H112N3O53P. The van der Waals surface area contributed by atoms with Gasteiger partial charge in [-0.1, -0.05) is 0 Å². The number of aliphatic hydroxyl groups excluding tert-OH is 28. The second-order valence-corrected chi connectivity index (χ2v) is 32.6. The molecule has 10 aliphatic heterocycles. The lowest BCUT2D eigenvalue weighted by Gasteiger charge is -2.51. The van der Waals surface area contributed by atoms with Crippen molar-refractivity contribution in [2.45, 2.75) is 328 Å². The molecule has 0 aromatic carbocycles. The van der Waals surface area contributed by atoms with Crippen LogP contribution in [0.5, 0.6) is 0 Å². The van der Waals surface area contributed by atoms with Crippen molar-refractivity contribution in [2.75, 3.05) is 65.6 Å². The van der Waals surface area contributed by atoms with Gasteiger partial charge in [0, 0.05) is 20.8 Å². The molecule has 0 aromatic rings. The van der Waals surface area contributed by atoms with E-state index < -0.39 is 398 Å². The molecule has 10 heterocycles. The SMILES string of the molecule is CC(=O)N[C@H]1[C@H](O[C@H]2[C@H](O)[C@@H](NC(C)=O)C(O)O[C@@H]2CO)O[C@H](CO)[C@@H](O[C@@H]2O[C@H](CO[C@H]3O[C@H](CO[C@H]4O[C@H](CO)[C@@H](O)[C@H](O)[C@@H]4O[C@H]4O[C@H](CP(=O)(O)O)[C@@H](O)[C@H](O)[C@@H]4O)[C@@H](O)[C@H](O[C@H]4O[C@H](CO)[C@@H](O)[C@H](O)[C@@H]4O)[C@@H]3O)[C@@H](O)[C@H](O[C@H]3O[C@H](CO)[C@@H](O)[C@H](O)[C@@H]3O[C@@H]3O[C@H](CO)[C@@H](O[C@@H]4O[C@H](CO)[C@H](O)[C@H](O)[C@H]4O)[C@H](O)[C@H]3NC(C)=O)[C@@H]2O)[C@@H]1O. The van der Waals surface area contributed by atoms with Crippen LogP contribution in [0.2, 0.25) is 0 Å². The summed E-state index contributed by atoms with van der Waals surface area (Å²) >= 11 is 0. The lowest BCUT2D eigenvalue weighted by atomic mass is 9.93. The molecule has 714 valence electrons. The molecule has 50 atom stereocenters. The van der Waals surface area contributed by atoms with Gasteiger partial charge in [-0.15, -0.1) is 0 Å². The molecular weight excluding hydrogens is 1710 g/mol. The highest BCUT2D eigenvalue weighted by atomic mass is 31.2. The molecule has 1 unspecified atom stereocenters. The van der Waals surface area contributed by atoms with Crippen molar-refractivity contribution in [3.05, 3.63) is 0 Å². The Morgan fingerprint density at radius 1 is 0.252 bits per heavy atom. The summed E-state index contributed by atoms with van der Waals surface area (Å²) in [5, 5.41) is 319. The predicted molar refractivity (Wildman–Crippen MR) is 374 cm³/mol. The van der Waals surface area contributed by atoms with Crippen molar-refractivity contribution >= 4 is 25.3 Å². The van der Waals surface area contributed by atoms with Crippen molar-refractivity contribution in [3.63, 3.8) is 0 Å². The summed E-state index contributed by atoms with van der Waals surface area (Å²) in [6, 6.07) is -5.66. The Morgan fingerprint density at radius 3 is 0.911 bits per heavy atom. The molecule has 10 saturated heterocycles. The van der Waals surface area contributed by atoms with E-state index >= 15 is 0 Å². The first-order valence-corrected chi connectivity index (χ1v) is 40.5. The van der Waals surface area contributed by atoms with Gasteiger partial charge in [0.25, 0.3) is 0 Å². The Hall–Kier alpha value is -3.32. The maximum Gasteiger partial charge on any atom is 0.328 e. The summed E-state index contributed by atoms with van der Waals surface area (Å²) in [6.45, 7) is -7.60. The van der Waals surface area contributed by atoms with Crippen LogP contribution in [0.3, 0.4) is 0 Å². The van der Waals surface area contributed by atoms with Gasteiger partial charge in [-0.25, -0.2) is 0 Å². The number of carbonyl (C=O) groups excluding carboxylic acids is 3. The standard InChI is InChI=1S/C66H112N3O53P/c1-14(77)67-27-37(87)50(21(8-74)106-57(27)100)116-58-28(68-15(2)78)38(88)52(23(10-76)111-58)118-64-49(99)54(120-66-56(44(94)33(83)20(7-73)110-66)121-59-29(69-16(3)79)39(89)51(22(9-75)112-59)117-61-45(95)40(90)30(80)17(4-70)107-61)36(86)25(114-64)11-104-60-48(98)53(119-62-46(96)41(91)31(81)18(5-71)108-62)35(85)24(113-60)12-105-65-55(43(93)32(82)19(6-72)109-65)122-63-47(97)42(92)34(84)26(115-63)13-123(101,102)103/h17-66,70-76,80-100H,4-13H2,1-3H3,(H,67,77)(H,68,78)(H,69,79)(H2,101,102,103)/t17-,18-,19-,20-,21-,22-,23-,24-,25-,26-,27-,28-,29-,30+,31-,32-,33-,34-,35-,36-,37-,38-,39-,40+,41+,42+,43+,44+,45-,46+,47+,48+,49+,50-,51-,52-,53+,54+,55+,56+,57?,58+,59+,60+,61+,62-,63-,64+,65+,66-/m1/s1. The first-order valence-electron chi connectivity index (χ1n) is 38.7. The zero-order chi connectivity index (χ0) is 90.7. The second-order valence-electron chi connectivity index (χ2n) is 30.9. The number of rotatable bonds is 32. The quantitative estimate of drug-likeness (QED) is 0.0278. The molecule has 56 nitrogen and oxygen atoms in total. The summed E-state index contributed by atoms with van der Waals surface area (Å²) < 4.78 is 124. The smallest absolute Gasteiger partial charge is 0.328 e. The molecule has 123 heavy (non-hydrogen) atoms. The van der Waals surface area contributed by atoms with Gasteiger partial charge in [-0.2, -0.15) is 0 Å². The topological polar surface area (TPSA) is 887 Å². The monoisotopic (exact) mass is 1830 g/mol. The lowest BCUT2D eigenvalue weighted by Crippen LogP contribution is -2.71. The van der Waals surface area contributed by atoms with Crippen LogP contribution in [-0.4, -0.2) is 543 Å². The van der Waals surface area contributed by atoms with E-state index in [0.29, 0.717) is 0 Å². The van der Waals surface area contributed by atoms with E-state index in [1.54, 1.807) is 0 Å². The fourth-order valence-electron chi connectivity index (χ4n) is 15.7. The number of carbonyl (C=O) groups is 3. The average molecular weight is 1830 g/mol. The number of amides is 3. The molecule has 0 aromatic heterocycles. The Balaban J connectivity index is 0.995. The molecule has 10 fully saturated rings. The number of nitrogens with one attached hydrogen (secondary N) is 3. The summed E-state index contributed by atoms with van der Waals surface area (Å²) in [6.07, 6.45) is -104. The number of hydrogen-bond donors (Lipinski definition) is 33. The van der Waals surface area contributed by atoms with Crippen LogP contribution in [0.4, 0.5) is 0 Å². The summed E-state index contributed by atoms with van der Waals surface area (Å²) in [7, 11) is -5.11. The normalized spacial score (nSPS) is 49.6. The average Bonchev–Trinajstić information content (AvgIpc) is 0.758. The van der Waals surface area contributed by atoms with Gasteiger partial charge in [0.1, 0.15) is 244 Å². The van der Waals surface area contributed by atoms with Crippen LogP contribution >= 0.6 is 7.60 Å². The van der Waals surface area contributed by atoms with Crippen LogP contribution in [0.25, 0.3) is 0 Å². The minimum Gasteiger partial charge on any atom is -0.394 e. The number of aliphatic hydroxyl groups is 28. The minimum atomic E-state index is -5.11. The maximum atomic E-state index is 13.1. The van der Waals surface area contributed by atoms with Gasteiger partial charge in [-0.3, -0.25) is 18.9 Å². The van der Waals surface area contributed by atoms with Gasteiger partial charge in [-0.05, 0) is 0 Å². The molecule has 57 heteroatoms. The Morgan fingerprint density at radius 2 is 0.512 bits per heavy atom. The van der Waals surface area contributed by atoms with E-state index in [4.69, 9.17) is 90.0 Å². The van der Waals surface area contributed by atoms with Gasteiger partial charge in [0.15, 0.2) is 62.9 Å². The molecule has 0 saturated carbocycles. The third-order valence-corrected chi connectivity index (χ3v) is 23.1. The largest absolute Gasteiger partial charge is 0.394 e. The molecule has 3 amide bonds. The third-order valence-electron chi connectivity index (χ3n) is 22.3. The Bertz CT molecular complexity index is 3360. The fourth-order valence-corrected chi connectivity index (χ4v) is 16.4.